The highest BCUT2D eigenvalue weighted by molar-refractivity contribution is 5.79. The third-order valence-corrected chi connectivity index (χ3v) is 1.56. The van der Waals surface area contributed by atoms with E-state index in [1.807, 2.05) is 6.92 Å². The van der Waals surface area contributed by atoms with Crippen molar-refractivity contribution in [1.29, 1.82) is 0 Å². The number of hydrogen-bond acceptors (Lipinski definition) is 3. The fourth-order valence-electron chi connectivity index (χ4n) is 0.829. The second-order valence-corrected chi connectivity index (χ2v) is 2.91. The van der Waals surface area contributed by atoms with E-state index in [0.29, 0.717) is 6.54 Å². The molecule has 0 saturated heterocycles. The summed E-state index contributed by atoms with van der Waals surface area (Å²) >= 11 is 0. The Morgan fingerprint density at radius 1 is 1.31 bits per heavy atom. The van der Waals surface area contributed by atoms with Crippen molar-refractivity contribution in [2.45, 2.75) is 13.8 Å². The van der Waals surface area contributed by atoms with E-state index in [0.717, 1.165) is 0 Å². The first-order valence-corrected chi connectivity index (χ1v) is 4.24. The molecular weight excluding hydrogens is 170 g/mol. The smallest absolute Gasteiger partial charge is 0.225 e. The lowest BCUT2D eigenvalue weighted by Crippen LogP contribution is -2.40. The number of amides is 2. The molecule has 0 saturated carbocycles. The highest BCUT2D eigenvalue weighted by Crippen LogP contribution is 1.90. The van der Waals surface area contributed by atoms with Crippen LogP contribution in [0.5, 0.6) is 0 Å². The predicted octanol–water partition coefficient (Wildman–Crippen LogP) is -0.948. The van der Waals surface area contributed by atoms with E-state index in [-0.39, 0.29) is 24.4 Å². The van der Waals surface area contributed by atoms with E-state index in [4.69, 9.17) is 0 Å². The van der Waals surface area contributed by atoms with Crippen LogP contribution < -0.4 is 16.0 Å². The minimum absolute atomic E-state index is 0.0666. The summed E-state index contributed by atoms with van der Waals surface area (Å²) in [6.07, 6.45) is 0. The van der Waals surface area contributed by atoms with Crippen molar-refractivity contribution < 1.29 is 9.59 Å². The third kappa shape index (κ3) is 6.10. The van der Waals surface area contributed by atoms with Gasteiger partial charge in [-0.3, -0.25) is 9.59 Å². The molecule has 1 atom stereocenters. The van der Waals surface area contributed by atoms with Crippen molar-refractivity contribution in [1.82, 2.24) is 16.0 Å². The van der Waals surface area contributed by atoms with Crippen LogP contribution in [0.2, 0.25) is 0 Å². The Morgan fingerprint density at radius 2 is 1.92 bits per heavy atom. The minimum Gasteiger partial charge on any atom is -0.339 e. The summed E-state index contributed by atoms with van der Waals surface area (Å²) in [5.41, 5.74) is 0. The van der Waals surface area contributed by atoms with Gasteiger partial charge in [-0.2, -0.15) is 0 Å². The highest BCUT2D eigenvalue weighted by Gasteiger charge is 2.10. The maximum atomic E-state index is 11.2. The monoisotopic (exact) mass is 187 g/mol. The van der Waals surface area contributed by atoms with E-state index in [1.165, 1.54) is 6.92 Å². The summed E-state index contributed by atoms with van der Waals surface area (Å²) < 4.78 is 0. The Hall–Kier alpha value is -1.10. The van der Waals surface area contributed by atoms with Crippen molar-refractivity contribution in [3.05, 3.63) is 0 Å². The summed E-state index contributed by atoms with van der Waals surface area (Å²) in [5, 5.41) is 7.97. The molecule has 3 N–H and O–H groups in total. The molecule has 0 fully saturated rings. The maximum absolute atomic E-state index is 11.2. The van der Waals surface area contributed by atoms with Gasteiger partial charge < -0.3 is 16.0 Å². The van der Waals surface area contributed by atoms with Gasteiger partial charge in [-0.15, -0.1) is 0 Å². The van der Waals surface area contributed by atoms with Crippen LogP contribution >= 0.6 is 0 Å². The summed E-state index contributed by atoms with van der Waals surface area (Å²) in [5.74, 6) is -0.302. The van der Waals surface area contributed by atoms with Crippen LogP contribution in [-0.2, 0) is 9.59 Å². The molecule has 1 unspecified atom stereocenters. The molecule has 0 aromatic carbocycles. The van der Waals surface area contributed by atoms with Gasteiger partial charge in [0.1, 0.15) is 0 Å². The van der Waals surface area contributed by atoms with Gasteiger partial charge in [-0.1, -0.05) is 6.92 Å². The van der Waals surface area contributed by atoms with E-state index < -0.39 is 0 Å². The first-order chi connectivity index (χ1) is 6.07. The Kier molecular flexibility index (Phi) is 5.88. The zero-order valence-corrected chi connectivity index (χ0v) is 8.31. The van der Waals surface area contributed by atoms with Crippen LogP contribution in [0.1, 0.15) is 13.8 Å². The largest absolute Gasteiger partial charge is 0.339 e. The second-order valence-electron chi connectivity index (χ2n) is 2.91. The van der Waals surface area contributed by atoms with Crippen molar-refractivity contribution in [3.8, 4) is 0 Å². The zero-order valence-electron chi connectivity index (χ0n) is 8.31. The molecule has 0 aromatic heterocycles. The molecule has 5 nitrogen and oxygen atoms in total. The van der Waals surface area contributed by atoms with Gasteiger partial charge in [0.15, 0.2) is 0 Å². The average molecular weight is 187 g/mol. The lowest BCUT2D eigenvalue weighted by molar-refractivity contribution is -0.124. The number of hydrogen-bond donors (Lipinski definition) is 3. The van der Waals surface area contributed by atoms with Crippen LogP contribution in [0.3, 0.4) is 0 Å². The molecule has 0 spiro atoms. The van der Waals surface area contributed by atoms with E-state index in [1.54, 1.807) is 7.05 Å². The minimum atomic E-state index is -0.151. The summed E-state index contributed by atoms with van der Waals surface area (Å²) in [4.78, 5) is 21.7. The molecule has 0 aliphatic rings. The normalized spacial score (nSPS) is 11.9. The first-order valence-electron chi connectivity index (χ1n) is 4.24. The molecule has 13 heavy (non-hydrogen) atoms. The average Bonchev–Trinajstić information content (AvgIpc) is 2.04. The molecular formula is C8H17N3O2. The maximum Gasteiger partial charge on any atom is 0.225 e. The Labute approximate surface area is 78.3 Å². The zero-order chi connectivity index (χ0) is 10.3. The molecule has 5 heteroatoms. The molecule has 0 aliphatic heterocycles. The van der Waals surface area contributed by atoms with Gasteiger partial charge >= 0.3 is 0 Å². The van der Waals surface area contributed by atoms with Gasteiger partial charge in [-0.25, -0.2) is 0 Å². The molecule has 76 valence electrons. The topological polar surface area (TPSA) is 70.2 Å². The van der Waals surface area contributed by atoms with Crippen molar-refractivity contribution in [2.75, 3.05) is 20.3 Å². The first kappa shape index (κ1) is 11.9. The van der Waals surface area contributed by atoms with Gasteiger partial charge in [0.05, 0.1) is 6.67 Å². The number of nitrogens with one attached hydrogen (secondary N) is 3. The van der Waals surface area contributed by atoms with Gasteiger partial charge in [0, 0.05) is 19.4 Å². The number of carbonyl (C=O) groups is 2. The summed E-state index contributed by atoms with van der Waals surface area (Å²) in [6.45, 7) is 4.05. The molecule has 0 bridgehead atoms. The van der Waals surface area contributed by atoms with E-state index in [2.05, 4.69) is 16.0 Å². The number of carbonyl (C=O) groups excluding carboxylic acids is 2. The lowest BCUT2D eigenvalue weighted by Gasteiger charge is -2.11. The van der Waals surface area contributed by atoms with Crippen LogP contribution in [0.15, 0.2) is 0 Å². The van der Waals surface area contributed by atoms with Crippen LogP contribution in [0, 0.1) is 5.92 Å². The Balaban J connectivity index is 3.55. The quantitative estimate of drug-likeness (QED) is 0.486. The molecule has 0 heterocycles. The van der Waals surface area contributed by atoms with E-state index >= 15 is 0 Å². The third-order valence-electron chi connectivity index (χ3n) is 1.56. The number of rotatable bonds is 5. The lowest BCUT2D eigenvalue weighted by atomic mass is 10.2. The van der Waals surface area contributed by atoms with E-state index in [9.17, 15) is 9.59 Å². The van der Waals surface area contributed by atoms with Crippen LogP contribution in [0.4, 0.5) is 0 Å². The van der Waals surface area contributed by atoms with Crippen LogP contribution in [-0.4, -0.2) is 32.1 Å². The predicted molar refractivity (Wildman–Crippen MR) is 49.9 cm³/mol. The highest BCUT2D eigenvalue weighted by atomic mass is 16.2. The molecule has 0 rings (SSSR count). The fraction of sp³-hybridized carbons (Fsp3) is 0.750. The van der Waals surface area contributed by atoms with Crippen molar-refractivity contribution in [2.24, 2.45) is 5.92 Å². The van der Waals surface area contributed by atoms with Gasteiger partial charge in [0.25, 0.3) is 0 Å². The van der Waals surface area contributed by atoms with Gasteiger partial charge in [-0.05, 0) is 7.05 Å². The summed E-state index contributed by atoms with van der Waals surface area (Å²) in [6, 6.07) is 0. The van der Waals surface area contributed by atoms with Crippen LogP contribution in [0.25, 0.3) is 0 Å². The van der Waals surface area contributed by atoms with Gasteiger partial charge in [0.2, 0.25) is 11.8 Å². The second kappa shape index (κ2) is 6.42. The molecule has 0 aliphatic carbocycles. The standard InChI is InChI=1S/C8H17N3O2/c1-6(4-9-3)8(13)11-5-10-7(2)12/h6,9H,4-5H2,1-3H3,(H,10,12)(H,11,13). The summed E-state index contributed by atoms with van der Waals surface area (Å²) in [7, 11) is 1.79. The molecule has 0 radical (unpaired) electrons. The Morgan fingerprint density at radius 3 is 2.38 bits per heavy atom. The molecule has 2 amide bonds. The SMILES string of the molecule is CNCC(C)C(=O)NCNC(C)=O. The fourth-order valence-corrected chi connectivity index (χ4v) is 0.829. The molecule has 0 aromatic rings. The van der Waals surface area contributed by atoms with Crippen molar-refractivity contribution >= 4 is 11.8 Å². The van der Waals surface area contributed by atoms with Crippen molar-refractivity contribution in [3.63, 3.8) is 0 Å². The Bertz CT molecular complexity index is 182.